The fourth-order valence-electron chi connectivity index (χ4n) is 2.54. The molecule has 7 nitrogen and oxygen atoms in total. The van der Waals surface area contributed by atoms with Gasteiger partial charge in [-0.3, -0.25) is 4.79 Å². The predicted octanol–water partition coefficient (Wildman–Crippen LogP) is 3.05. The molecule has 7 heteroatoms. The van der Waals surface area contributed by atoms with Gasteiger partial charge in [-0.15, -0.1) is 0 Å². The van der Waals surface area contributed by atoms with E-state index in [4.69, 9.17) is 9.47 Å². The monoisotopic (exact) mass is 393 g/mol. The van der Waals surface area contributed by atoms with Crippen LogP contribution < -0.4 is 15.4 Å². The van der Waals surface area contributed by atoms with Crippen molar-refractivity contribution in [3.05, 3.63) is 71.4 Å². The summed E-state index contributed by atoms with van der Waals surface area (Å²) in [6, 6.07) is 15.8. The van der Waals surface area contributed by atoms with Crippen LogP contribution >= 0.6 is 0 Å². The van der Waals surface area contributed by atoms with E-state index in [0.29, 0.717) is 24.2 Å². The van der Waals surface area contributed by atoms with E-state index in [0.717, 1.165) is 11.3 Å². The van der Waals surface area contributed by atoms with Crippen molar-refractivity contribution in [3.63, 3.8) is 0 Å². The minimum Gasteiger partial charge on any atom is -0.496 e. The number of nitrogens with one attached hydrogen (secondary N) is 2. The molecule has 0 fully saturated rings. The third-order valence-electron chi connectivity index (χ3n) is 4.00. The second kappa shape index (κ2) is 11.1. The molecule has 0 aromatic heterocycles. The van der Waals surface area contributed by atoms with E-state index in [-0.39, 0.29) is 12.2 Å². The largest absolute Gasteiger partial charge is 0.496 e. The van der Waals surface area contributed by atoms with Gasteiger partial charge < -0.3 is 20.1 Å². The molecule has 0 atom stereocenters. The van der Waals surface area contributed by atoms with Crippen molar-refractivity contribution in [2.75, 3.05) is 25.6 Å². The highest BCUT2D eigenvalue weighted by molar-refractivity contribution is 6.06. The second-order valence-corrected chi connectivity index (χ2v) is 5.94. The van der Waals surface area contributed by atoms with Gasteiger partial charge in [0.15, 0.2) is 0 Å². The Morgan fingerprint density at radius 1 is 1.14 bits per heavy atom. The number of carbonyl (C=O) groups excluding carboxylic acids is 2. The Balaban J connectivity index is 1.91. The van der Waals surface area contributed by atoms with Gasteiger partial charge in [0.2, 0.25) is 0 Å². The summed E-state index contributed by atoms with van der Waals surface area (Å²) in [5, 5.41) is 14.9. The molecule has 2 N–H and O–H groups in total. The topological polar surface area (TPSA) is 100 Å². The molecular weight excluding hydrogens is 370 g/mol. The summed E-state index contributed by atoms with van der Waals surface area (Å²) in [4.78, 5) is 23.9. The molecule has 1 amide bonds. The number of rotatable bonds is 9. The van der Waals surface area contributed by atoms with Crippen LogP contribution in [0.25, 0.3) is 0 Å². The van der Waals surface area contributed by atoms with Gasteiger partial charge >= 0.3 is 5.97 Å². The Morgan fingerprint density at radius 2 is 1.86 bits per heavy atom. The van der Waals surface area contributed by atoms with Crippen LogP contribution in [0.1, 0.15) is 22.8 Å². The normalized spacial score (nSPS) is 10.6. The molecule has 0 spiro atoms. The average molecular weight is 393 g/mol. The van der Waals surface area contributed by atoms with E-state index >= 15 is 0 Å². The van der Waals surface area contributed by atoms with Gasteiger partial charge in [0.1, 0.15) is 17.4 Å². The quantitative estimate of drug-likeness (QED) is 0.294. The lowest BCUT2D eigenvalue weighted by molar-refractivity contribution is -0.112. The Hall–Kier alpha value is -3.79. The van der Waals surface area contributed by atoms with Crippen LogP contribution in [0.4, 0.5) is 5.69 Å². The predicted molar refractivity (Wildman–Crippen MR) is 109 cm³/mol. The molecule has 2 aromatic rings. The average Bonchev–Trinajstić information content (AvgIpc) is 2.74. The number of hydrogen-bond donors (Lipinski definition) is 2. The van der Waals surface area contributed by atoms with Gasteiger partial charge in [-0.25, -0.2) is 4.79 Å². The van der Waals surface area contributed by atoms with Crippen LogP contribution in [0, 0.1) is 11.3 Å². The number of benzene rings is 2. The van der Waals surface area contributed by atoms with Crippen molar-refractivity contribution in [3.8, 4) is 11.8 Å². The smallest absolute Gasteiger partial charge is 0.338 e. The molecule has 150 valence electrons. The van der Waals surface area contributed by atoms with Crippen molar-refractivity contribution in [1.29, 1.82) is 5.26 Å². The lowest BCUT2D eigenvalue weighted by atomic mass is 10.1. The molecule has 0 saturated heterocycles. The molecule has 0 bridgehead atoms. The van der Waals surface area contributed by atoms with E-state index in [9.17, 15) is 14.9 Å². The molecule has 0 radical (unpaired) electrons. The van der Waals surface area contributed by atoms with Crippen molar-refractivity contribution in [2.45, 2.75) is 13.3 Å². The van der Waals surface area contributed by atoms with Gasteiger partial charge in [-0.05, 0) is 49.2 Å². The van der Waals surface area contributed by atoms with Gasteiger partial charge in [0, 0.05) is 18.4 Å². The molecule has 29 heavy (non-hydrogen) atoms. The standard InChI is InChI=1S/C22H23N3O4/c1-3-29-22(27)17-8-10-19(11-9-17)25-21(26)18(14-23)15-24-13-12-16-6-4-5-7-20(16)28-2/h4-11,15,24H,3,12-13H2,1-2H3,(H,25,26)/b18-15-. The minimum atomic E-state index is -0.541. The first-order valence-electron chi connectivity index (χ1n) is 9.13. The van der Waals surface area contributed by atoms with E-state index < -0.39 is 11.9 Å². The molecule has 0 heterocycles. The summed E-state index contributed by atoms with van der Waals surface area (Å²) in [5.74, 6) is -0.175. The highest BCUT2D eigenvalue weighted by atomic mass is 16.5. The Bertz CT molecular complexity index is 914. The zero-order valence-electron chi connectivity index (χ0n) is 16.4. The number of anilines is 1. The van der Waals surface area contributed by atoms with Gasteiger partial charge in [0.05, 0.1) is 19.3 Å². The third-order valence-corrected chi connectivity index (χ3v) is 4.00. The fourth-order valence-corrected chi connectivity index (χ4v) is 2.54. The Kier molecular flexibility index (Phi) is 8.27. The number of carbonyl (C=O) groups is 2. The second-order valence-electron chi connectivity index (χ2n) is 5.94. The van der Waals surface area contributed by atoms with Crippen molar-refractivity contribution in [2.24, 2.45) is 0 Å². The molecule has 0 unspecified atom stereocenters. The van der Waals surface area contributed by atoms with Crippen LogP contribution in [-0.2, 0) is 16.0 Å². The first-order valence-corrected chi connectivity index (χ1v) is 9.13. The highest BCUT2D eigenvalue weighted by Crippen LogP contribution is 2.17. The van der Waals surface area contributed by atoms with E-state index in [1.807, 2.05) is 30.3 Å². The zero-order valence-corrected chi connectivity index (χ0v) is 16.4. The summed E-state index contributed by atoms with van der Waals surface area (Å²) in [7, 11) is 1.61. The minimum absolute atomic E-state index is 0.0560. The molecule has 2 rings (SSSR count). The third kappa shape index (κ3) is 6.40. The van der Waals surface area contributed by atoms with Gasteiger partial charge in [0.25, 0.3) is 5.91 Å². The maximum atomic E-state index is 12.3. The van der Waals surface area contributed by atoms with Crippen LogP contribution in [0.2, 0.25) is 0 Å². The summed E-state index contributed by atoms with van der Waals surface area (Å²) in [6.07, 6.45) is 2.06. The van der Waals surface area contributed by atoms with E-state index in [2.05, 4.69) is 10.6 Å². The van der Waals surface area contributed by atoms with Gasteiger partial charge in [-0.2, -0.15) is 5.26 Å². The SMILES string of the molecule is CCOC(=O)c1ccc(NC(=O)/C(C#N)=C\NCCc2ccccc2OC)cc1. The summed E-state index contributed by atoms with van der Waals surface area (Å²) >= 11 is 0. The Labute approximate surface area is 169 Å². The molecule has 2 aromatic carbocycles. The molecule has 0 saturated carbocycles. The lowest BCUT2D eigenvalue weighted by Gasteiger charge is -2.08. The van der Waals surface area contributed by atoms with Crippen LogP contribution in [0.15, 0.2) is 60.3 Å². The molecule has 0 aliphatic heterocycles. The summed E-state index contributed by atoms with van der Waals surface area (Å²) in [6.45, 7) is 2.55. The van der Waals surface area contributed by atoms with E-state index in [1.165, 1.54) is 6.20 Å². The van der Waals surface area contributed by atoms with Crippen molar-refractivity contribution >= 4 is 17.6 Å². The molecule has 0 aliphatic rings. The maximum absolute atomic E-state index is 12.3. The number of nitrogens with zero attached hydrogens (tertiary/aromatic N) is 1. The van der Waals surface area contributed by atoms with Crippen LogP contribution in [0.3, 0.4) is 0 Å². The lowest BCUT2D eigenvalue weighted by Crippen LogP contribution is -2.18. The first-order chi connectivity index (χ1) is 14.1. The van der Waals surface area contributed by atoms with E-state index in [1.54, 1.807) is 38.3 Å². The van der Waals surface area contributed by atoms with Gasteiger partial charge in [-0.1, -0.05) is 18.2 Å². The zero-order chi connectivity index (χ0) is 21.1. The molecule has 0 aliphatic carbocycles. The maximum Gasteiger partial charge on any atom is 0.338 e. The van der Waals surface area contributed by atoms with Crippen molar-refractivity contribution in [1.82, 2.24) is 5.32 Å². The number of methoxy groups -OCH3 is 1. The number of nitriles is 1. The summed E-state index contributed by atoms with van der Waals surface area (Å²) in [5.41, 5.74) is 1.83. The fraction of sp³-hybridized carbons (Fsp3) is 0.227. The number of para-hydroxylation sites is 1. The number of hydrogen-bond acceptors (Lipinski definition) is 6. The summed E-state index contributed by atoms with van der Waals surface area (Å²) < 4.78 is 10.2. The highest BCUT2D eigenvalue weighted by Gasteiger charge is 2.11. The first kappa shape index (κ1) is 21.5. The number of amides is 1. The van der Waals surface area contributed by atoms with Crippen molar-refractivity contribution < 1.29 is 19.1 Å². The van der Waals surface area contributed by atoms with Crippen LogP contribution in [-0.4, -0.2) is 32.1 Å². The number of ether oxygens (including phenoxy) is 2. The Morgan fingerprint density at radius 3 is 2.52 bits per heavy atom. The number of esters is 1. The van der Waals surface area contributed by atoms with Crippen LogP contribution in [0.5, 0.6) is 5.75 Å². The molecular formula is C22H23N3O4.